The number of methoxy groups -OCH3 is 1. The lowest BCUT2D eigenvalue weighted by atomic mass is 10.5. The van der Waals surface area contributed by atoms with Crippen molar-refractivity contribution in [3.8, 4) is 5.75 Å². The van der Waals surface area contributed by atoms with Crippen LogP contribution >= 0.6 is 0 Å². The van der Waals surface area contributed by atoms with E-state index in [1.807, 2.05) is 0 Å². The zero-order valence-corrected chi connectivity index (χ0v) is 9.08. The Labute approximate surface area is 83.4 Å². The third kappa shape index (κ3) is 1.85. The van der Waals surface area contributed by atoms with E-state index < -0.39 is 10.0 Å². The van der Waals surface area contributed by atoms with Crippen molar-refractivity contribution in [2.75, 3.05) is 21.2 Å². The maximum absolute atomic E-state index is 11.7. The molecule has 0 atom stereocenters. The van der Waals surface area contributed by atoms with Gasteiger partial charge in [0, 0.05) is 20.3 Å². The zero-order chi connectivity index (χ0) is 10.8. The Morgan fingerprint density at radius 1 is 1.43 bits per heavy atom. The van der Waals surface area contributed by atoms with Crippen LogP contribution in [0.5, 0.6) is 5.75 Å². The highest BCUT2D eigenvalue weighted by Crippen LogP contribution is 2.21. The molecule has 0 aliphatic heterocycles. The van der Waals surface area contributed by atoms with E-state index in [1.165, 1.54) is 27.4 Å². The molecular formula is C8H12N2O3S. The summed E-state index contributed by atoms with van der Waals surface area (Å²) in [6.07, 6.45) is 1.42. The van der Waals surface area contributed by atoms with Crippen LogP contribution in [0, 0.1) is 0 Å². The summed E-state index contributed by atoms with van der Waals surface area (Å²) >= 11 is 0. The highest BCUT2D eigenvalue weighted by atomic mass is 32.2. The van der Waals surface area contributed by atoms with Crippen molar-refractivity contribution < 1.29 is 13.2 Å². The predicted octanol–water partition coefficient (Wildman–Crippen LogP) is 0.340. The number of hydrogen-bond acceptors (Lipinski definition) is 4. The van der Waals surface area contributed by atoms with Gasteiger partial charge in [-0.3, -0.25) is 0 Å². The summed E-state index contributed by atoms with van der Waals surface area (Å²) in [6.45, 7) is 0. The summed E-state index contributed by atoms with van der Waals surface area (Å²) in [7, 11) is 0.782. The summed E-state index contributed by atoms with van der Waals surface area (Å²) in [6, 6.07) is 3.18. The molecule has 0 spiro atoms. The second-order valence-electron chi connectivity index (χ2n) is 2.80. The van der Waals surface area contributed by atoms with Crippen LogP contribution in [0.15, 0.2) is 23.4 Å². The first-order chi connectivity index (χ1) is 6.50. The third-order valence-electron chi connectivity index (χ3n) is 1.68. The monoisotopic (exact) mass is 216 g/mol. The maximum Gasteiger partial charge on any atom is 0.263 e. The third-order valence-corrected chi connectivity index (χ3v) is 3.44. The fourth-order valence-corrected chi connectivity index (χ4v) is 1.84. The Morgan fingerprint density at radius 2 is 2.07 bits per heavy atom. The molecule has 0 N–H and O–H groups in total. The summed E-state index contributed by atoms with van der Waals surface area (Å²) in [5.74, 6) is 0.251. The predicted molar refractivity (Wildman–Crippen MR) is 51.7 cm³/mol. The van der Waals surface area contributed by atoms with Gasteiger partial charge in [-0.25, -0.2) is 17.7 Å². The maximum atomic E-state index is 11.7. The van der Waals surface area contributed by atoms with Crippen LogP contribution in [0.3, 0.4) is 0 Å². The summed E-state index contributed by atoms with van der Waals surface area (Å²) < 4.78 is 29.4. The van der Waals surface area contributed by atoms with E-state index in [1.54, 1.807) is 12.1 Å². The highest BCUT2D eigenvalue weighted by Gasteiger charge is 2.22. The summed E-state index contributed by atoms with van der Waals surface area (Å²) in [5.41, 5.74) is 0. The molecule has 0 aliphatic rings. The lowest BCUT2D eigenvalue weighted by Crippen LogP contribution is -2.23. The van der Waals surface area contributed by atoms with Gasteiger partial charge >= 0.3 is 0 Å². The van der Waals surface area contributed by atoms with Gasteiger partial charge in [0.05, 0.1) is 7.11 Å². The molecule has 0 saturated carbocycles. The van der Waals surface area contributed by atoms with E-state index in [0.717, 1.165) is 4.31 Å². The average molecular weight is 216 g/mol. The smallest absolute Gasteiger partial charge is 0.263 e. The molecule has 0 saturated heterocycles. The molecule has 1 aromatic rings. The number of nitrogens with zero attached hydrogens (tertiary/aromatic N) is 2. The van der Waals surface area contributed by atoms with E-state index in [2.05, 4.69) is 4.98 Å². The number of hydrogen-bond donors (Lipinski definition) is 0. The van der Waals surface area contributed by atoms with Crippen molar-refractivity contribution in [2.24, 2.45) is 0 Å². The first kappa shape index (κ1) is 10.9. The van der Waals surface area contributed by atoms with E-state index in [4.69, 9.17) is 4.74 Å². The largest absolute Gasteiger partial charge is 0.494 e. The summed E-state index contributed by atoms with van der Waals surface area (Å²) in [5, 5.41) is -0.0625. The fourth-order valence-electron chi connectivity index (χ4n) is 0.898. The standard InChI is InChI=1S/C8H12N2O3S/c1-10(2)14(11,12)8-7(13-3)5-4-6-9-8/h4-6H,1-3H3. The normalized spacial score (nSPS) is 11.7. The molecule has 0 fully saturated rings. The SMILES string of the molecule is COc1cccnc1S(=O)(=O)N(C)C. The summed E-state index contributed by atoms with van der Waals surface area (Å²) in [4.78, 5) is 3.79. The van der Waals surface area contributed by atoms with Crippen LogP contribution in [0.1, 0.15) is 0 Å². The molecule has 14 heavy (non-hydrogen) atoms. The van der Waals surface area contributed by atoms with Gasteiger partial charge in [0.25, 0.3) is 10.0 Å². The van der Waals surface area contributed by atoms with Gasteiger partial charge < -0.3 is 4.74 Å². The minimum Gasteiger partial charge on any atom is -0.494 e. The number of rotatable bonds is 3. The molecule has 0 amide bonds. The van der Waals surface area contributed by atoms with E-state index >= 15 is 0 Å². The molecule has 0 aromatic carbocycles. The Balaban J connectivity index is 3.32. The molecule has 6 heteroatoms. The van der Waals surface area contributed by atoms with Crippen LogP contribution in [0.4, 0.5) is 0 Å². The lowest BCUT2D eigenvalue weighted by Gasteiger charge is -2.12. The van der Waals surface area contributed by atoms with Gasteiger partial charge in [0.1, 0.15) is 0 Å². The Kier molecular flexibility index (Phi) is 3.07. The van der Waals surface area contributed by atoms with Crippen molar-refractivity contribution in [1.29, 1.82) is 0 Å². The molecule has 0 aliphatic carbocycles. The molecular weight excluding hydrogens is 204 g/mol. The van der Waals surface area contributed by atoms with Crippen LogP contribution in [-0.2, 0) is 10.0 Å². The van der Waals surface area contributed by atoms with Crippen molar-refractivity contribution in [1.82, 2.24) is 9.29 Å². The second kappa shape index (κ2) is 3.93. The molecule has 78 valence electrons. The van der Waals surface area contributed by atoms with Gasteiger partial charge in [-0.15, -0.1) is 0 Å². The van der Waals surface area contributed by atoms with Crippen LogP contribution in [0.25, 0.3) is 0 Å². The van der Waals surface area contributed by atoms with Crippen molar-refractivity contribution >= 4 is 10.0 Å². The number of pyridine rings is 1. The van der Waals surface area contributed by atoms with Gasteiger partial charge in [0.15, 0.2) is 5.75 Å². The van der Waals surface area contributed by atoms with E-state index in [9.17, 15) is 8.42 Å². The number of aromatic nitrogens is 1. The molecule has 1 rings (SSSR count). The van der Waals surface area contributed by atoms with Crippen LogP contribution < -0.4 is 4.74 Å². The first-order valence-corrected chi connectivity index (χ1v) is 5.35. The fraction of sp³-hybridized carbons (Fsp3) is 0.375. The van der Waals surface area contributed by atoms with Gasteiger partial charge in [0.2, 0.25) is 5.03 Å². The van der Waals surface area contributed by atoms with Crippen LogP contribution in [-0.4, -0.2) is 38.9 Å². The molecule has 1 heterocycles. The van der Waals surface area contributed by atoms with Crippen molar-refractivity contribution in [2.45, 2.75) is 5.03 Å². The zero-order valence-electron chi connectivity index (χ0n) is 8.26. The Morgan fingerprint density at radius 3 is 2.57 bits per heavy atom. The van der Waals surface area contributed by atoms with E-state index in [0.29, 0.717) is 0 Å². The molecule has 5 nitrogen and oxygen atoms in total. The van der Waals surface area contributed by atoms with Crippen molar-refractivity contribution in [3.63, 3.8) is 0 Å². The minimum absolute atomic E-state index is 0.0625. The number of sulfonamides is 1. The average Bonchev–Trinajstić information content (AvgIpc) is 2.17. The van der Waals surface area contributed by atoms with E-state index in [-0.39, 0.29) is 10.8 Å². The topological polar surface area (TPSA) is 59.5 Å². The van der Waals surface area contributed by atoms with Crippen LogP contribution in [0.2, 0.25) is 0 Å². The lowest BCUT2D eigenvalue weighted by molar-refractivity contribution is 0.395. The molecule has 0 unspecified atom stereocenters. The molecule has 0 radical (unpaired) electrons. The number of ether oxygens (including phenoxy) is 1. The Hall–Kier alpha value is -1.14. The molecule has 1 aromatic heterocycles. The molecule has 0 bridgehead atoms. The first-order valence-electron chi connectivity index (χ1n) is 3.91. The second-order valence-corrected chi connectivity index (χ2v) is 4.87. The van der Waals surface area contributed by atoms with Gasteiger partial charge in [-0.1, -0.05) is 0 Å². The minimum atomic E-state index is -3.52. The quantitative estimate of drug-likeness (QED) is 0.731. The van der Waals surface area contributed by atoms with Crippen molar-refractivity contribution in [3.05, 3.63) is 18.3 Å². The van der Waals surface area contributed by atoms with Gasteiger partial charge in [-0.05, 0) is 12.1 Å². The van der Waals surface area contributed by atoms with Gasteiger partial charge in [-0.2, -0.15) is 0 Å². The highest BCUT2D eigenvalue weighted by molar-refractivity contribution is 7.89. The Bertz CT molecular complexity index is 414.